The molecule has 4 aliphatic rings. The number of carbonyl (C=O) groups excluding carboxylic acids is 4. The van der Waals surface area contributed by atoms with Crippen molar-refractivity contribution in [2.45, 2.75) is 103 Å². The van der Waals surface area contributed by atoms with E-state index in [0.29, 0.717) is 19.3 Å². The van der Waals surface area contributed by atoms with Gasteiger partial charge in [0.15, 0.2) is 18.5 Å². The Morgan fingerprint density at radius 2 is 1.81 bits per heavy atom. The van der Waals surface area contributed by atoms with Gasteiger partial charge in [0, 0.05) is 30.2 Å². The molecule has 3 fully saturated rings. The first-order chi connectivity index (χ1) is 19.5. The van der Waals surface area contributed by atoms with E-state index >= 15 is 0 Å². The minimum absolute atomic E-state index is 0.000790. The van der Waals surface area contributed by atoms with Crippen LogP contribution >= 0.6 is 0 Å². The Kier molecular flexibility index (Phi) is 8.81. The molecule has 11 nitrogen and oxygen atoms in total. The van der Waals surface area contributed by atoms with Crippen molar-refractivity contribution in [1.82, 2.24) is 5.32 Å². The zero-order valence-corrected chi connectivity index (χ0v) is 25.0. The predicted molar refractivity (Wildman–Crippen MR) is 149 cm³/mol. The second-order valence-corrected chi connectivity index (χ2v) is 14.1. The third-order valence-corrected chi connectivity index (χ3v) is 11.1. The molecule has 234 valence electrons. The summed E-state index contributed by atoms with van der Waals surface area (Å²) in [4.78, 5) is 61.0. The third kappa shape index (κ3) is 5.55. The molecular weight excluding hydrogens is 546 g/mol. The van der Waals surface area contributed by atoms with Gasteiger partial charge in [0.2, 0.25) is 11.7 Å². The fourth-order valence-electron chi connectivity index (χ4n) is 8.55. The van der Waals surface area contributed by atoms with Gasteiger partial charge in [-0.2, -0.15) is 0 Å². The molecule has 0 unspecified atom stereocenters. The molecule has 0 aromatic carbocycles. The number of fused-ring (bicyclic) bond motifs is 5. The molecule has 0 radical (unpaired) electrons. The van der Waals surface area contributed by atoms with E-state index in [1.807, 2.05) is 6.92 Å². The smallest absolute Gasteiger partial charge is 0.333 e. The molecule has 4 rings (SSSR count). The molecule has 0 heterocycles. The van der Waals surface area contributed by atoms with Crippen molar-refractivity contribution in [3.8, 4) is 0 Å². The number of hydrogen-bond donors (Lipinski definition) is 5. The van der Waals surface area contributed by atoms with Gasteiger partial charge in [0.25, 0.3) is 0 Å². The summed E-state index contributed by atoms with van der Waals surface area (Å²) in [6, 6.07) is 0. The number of carboxylic acids is 1. The van der Waals surface area contributed by atoms with Crippen LogP contribution < -0.4 is 5.32 Å². The Hall–Kier alpha value is -2.63. The Balaban J connectivity index is 1.33. The zero-order chi connectivity index (χ0) is 31.3. The van der Waals surface area contributed by atoms with Gasteiger partial charge >= 0.3 is 11.9 Å². The van der Waals surface area contributed by atoms with Gasteiger partial charge in [0.1, 0.15) is 5.60 Å². The second-order valence-electron chi connectivity index (χ2n) is 14.1. The summed E-state index contributed by atoms with van der Waals surface area (Å²) in [6.45, 7) is 6.19. The Labute approximate surface area is 246 Å². The van der Waals surface area contributed by atoms with E-state index in [1.54, 1.807) is 6.08 Å². The van der Waals surface area contributed by atoms with Crippen molar-refractivity contribution in [3.05, 3.63) is 11.6 Å². The van der Waals surface area contributed by atoms with Crippen LogP contribution in [0.2, 0.25) is 0 Å². The number of esters is 1. The highest BCUT2D eigenvalue weighted by Gasteiger charge is 2.68. The molecule has 42 heavy (non-hydrogen) atoms. The normalized spacial score (nSPS) is 36.5. The number of ether oxygens (including phenoxy) is 1. The number of carboxylic acid groups (broad SMARTS) is 1. The maximum atomic E-state index is 13.4. The second kappa shape index (κ2) is 11.5. The first-order valence-corrected chi connectivity index (χ1v) is 15.0. The van der Waals surface area contributed by atoms with Crippen LogP contribution in [-0.4, -0.2) is 80.8 Å². The number of nitrogens with one attached hydrogen (secondary N) is 1. The number of amides is 1. The van der Waals surface area contributed by atoms with Crippen molar-refractivity contribution >= 4 is 29.4 Å². The summed E-state index contributed by atoms with van der Waals surface area (Å²) in [5.74, 6) is -3.18. The molecule has 1 amide bonds. The Morgan fingerprint density at radius 1 is 1.12 bits per heavy atom. The summed E-state index contributed by atoms with van der Waals surface area (Å²) in [5.41, 5.74) is -2.97. The number of aliphatic hydroxyl groups excluding tert-OH is 2. The van der Waals surface area contributed by atoms with Crippen LogP contribution in [0, 0.1) is 34.0 Å². The lowest BCUT2D eigenvalue weighted by atomic mass is 9.45. The molecule has 11 heteroatoms. The van der Waals surface area contributed by atoms with E-state index in [0.717, 1.165) is 18.4 Å². The summed E-state index contributed by atoms with van der Waals surface area (Å²) >= 11 is 0. The van der Waals surface area contributed by atoms with Gasteiger partial charge in [-0.3, -0.25) is 19.2 Å². The van der Waals surface area contributed by atoms with Crippen LogP contribution in [0.3, 0.4) is 0 Å². The minimum Gasteiger partial charge on any atom is -0.479 e. The summed E-state index contributed by atoms with van der Waals surface area (Å²) in [6.07, 6.45) is 2.50. The predicted octanol–water partition coefficient (Wildman–Crippen LogP) is 1.70. The summed E-state index contributed by atoms with van der Waals surface area (Å²) in [5, 5.41) is 44.5. The minimum atomic E-state index is -1.77. The molecule has 5 N–H and O–H groups in total. The standard InChI is InChI=1S/C31H45NO10/c1-28(2,26(38)27(39)40)16-32-23(36)7-8-24(37)42-15-22(35)31(41)12-10-20-19-6-5-17-13-18(33)9-11-29(17,3)25(19)21(34)14-30(20,31)4/h13,19-21,25-26,34,38,41H,5-12,14-16H2,1-4H3,(H,32,36)(H,39,40)/t19-,20+,21+,25-,26+,29-,30-,31-/m0/s1. The van der Waals surface area contributed by atoms with E-state index in [-0.39, 0.29) is 61.2 Å². The SMILES string of the molecule is CC(C)(CNC(=O)CCC(=O)OCC(=O)[C@@]1(O)CC[C@@H]2[C@@H]3CCC4=CC(=O)CC[C@]4(C)[C@@H]3[C@H](O)C[C@@]21C)[C@H](O)C(=O)O. The number of aliphatic hydroxyl groups is 3. The highest BCUT2D eigenvalue weighted by molar-refractivity contribution is 5.92. The van der Waals surface area contributed by atoms with Crippen LogP contribution in [0.4, 0.5) is 0 Å². The van der Waals surface area contributed by atoms with Crippen molar-refractivity contribution in [2.75, 3.05) is 13.2 Å². The van der Waals surface area contributed by atoms with E-state index < -0.39 is 58.9 Å². The monoisotopic (exact) mass is 591 g/mol. The van der Waals surface area contributed by atoms with Crippen LogP contribution in [0.5, 0.6) is 0 Å². The van der Waals surface area contributed by atoms with Gasteiger partial charge in [-0.1, -0.05) is 33.3 Å². The quantitative estimate of drug-likeness (QED) is 0.234. The van der Waals surface area contributed by atoms with Crippen molar-refractivity contribution in [1.29, 1.82) is 0 Å². The lowest BCUT2D eigenvalue weighted by Gasteiger charge is -2.60. The number of rotatable bonds is 10. The zero-order valence-electron chi connectivity index (χ0n) is 25.0. The van der Waals surface area contributed by atoms with E-state index in [4.69, 9.17) is 9.84 Å². The number of aliphatic carboxylic acids is 1. The topological polar surface area (TPSA) is 188 Å². The van der Waals surface area contributed by atoms with E-state index in [2.05, 4.69) is 12.2 Å². The van der Waals surface area contributed by atoms with Crippen LogP contribution in [0.25, 0.3) is 0 Å². The number of hydrogen-bond acceptors (Lipinski definition) is 9. The molecule has 0 aromatic rings. The average molecular weight is 592 g/mol. The molecule has 0 saturated heterocycles. The van der Waals surface area contributed by atoms with Gasteiger partial charge in [-0.25, -0.2) is 4.79 Å². The van der Waals surface area contributed by atoms with Gasteiger partial charge in [-0.05, 0) is 67.8 Å². The average Bonchev–Trinajstić information content (AvgIpc) is 3.19. The molecule has 3 saturated carbocycles. The third-order valence-electron chi connectivity index (χ3n) is 11.1. The van der Waals surface area contributed by atoms with E-state index in [1.165, 1.54) is 13.8 Å². The van der Waals surface area contributed by atoms with Crippen molar-refractivity contribution in [3.63, 3.8) is 0 Å². The largest absolute Gasteiger partial charge is 0.479 e. The Bertz CT molecular complexity index is 1180. The lowest BCUT2D eigenvalue weighted by molar-refractivity contribution is -0.184. The number of carbonyl (C=O) groups is 5. The van der Waals surface area contributed by atoms with Gasteiger partial charge in [0.05, 0.1) is 12.5 Å². The molecule has 0 aromatic heterocycles. The Morgan fingerprint density at radius 3 is 2.48 bits per heavy atom. The molecule has 0 aliphatic heterocycles. The maximum Gasteiger partial charge on any atom is 0.333 e. The molecule has 8 atom stereocenters. The first-order valence-electron chi connectivity index (χ1n) is 15.0. The van der Waals surface area contributed by atoms with Gasteiger partial charge in [-0.15, -0.1) is 0 Å². The van der Waals surface area contributed by atoms with Crippen molar-refractivity contribution < 1.29 is 49.1 Å². The number of ketones is 2. The molecule has 0 spiro atoms. The highest BCUT2D eigenvalue weighted by Crippen LogP contribution is 2.67. The maximum absolute atomic E-state index is 13.4. The molecule has 0 bridgehead atoms. The fourth-order valence-corrected chi connectivity index (χ4v) is 8.55. The summed E-state index contributed by atoms with van der Waals surface area (Å²) in [7, 11) is 0. The number of Topliss-reactive ketones (excluding diaryl/α,β-unsaturated/α-hetero) is 1. The number of allylic oxidation sites excluding steroid dienone is 1. The van der Waals surface area contributed by atoms with Crippen molar-refractivity contribution in [2.24, 2.45) is 34.0 Å². The van der Waals surface area contributed by atoms with Gasteiger partial charge < -0.3 is 30.5 Å². The van der Waals surface area contributed by atoms with Crippen LogP contribution in [0.1, 0.15) is 85.5 Å². The first kappa shape index (κ1) is 32.3. The van der Waals surface area contributed by atoms with Crippen LogP contribution in [-0.2, 0) is 28.7 Å². The summed E-state index contributed by atoms with van der Waals surface area (Å²) < 4.78 is 5.15. The molecule has 4 aliphatic carbocycles. The lowest BCUT2D eigenvalue weighted by Crippen LogP contribution is -2.62. The highest BCUT2D eigenvalue weighted by atomic mass is 16.5. The van der Waals surface area contributed by atoms with Crippen LogP contribution in [0.15, 0.2) is 11.6 Å². The molecular formula is C31H45NO10. The fraction of sp³-hybridized carbons (Fsp3) is 0.774. The van der Waals surface area contributed by atoms with E-state index in [9.17, 15) is 39.3 Å².